The lowest BCUT2D eigenvalue weighted by Gasteiger charge is -2.24. The molecule has 5 heteroatoms. The first kappa shape index (κ1) is 13.0. The van der Waals surface area contributed by atoms with Gasteiger partial charge in [-0.05, 0) is 32.2 Å². The highest BCUT2D eigenvalue weighted by Gasteiger charge is 2.35. The summed E-state index contributed by atoms with van der Waals surface area (Å²) < 4.78 is 0. The number of hydrogen-bond acceptors (Lipinski definition) is 3. The van der Waals surface area contributed by atoms with Crippen molar-refractivity contribution in [2.24, 2.45) is 5.92 Å². The maximum Gasteiger partial charge on any atom is 0.303 e. The van der Waals surface area contributed by atoms with Gasteiger partial charge in [0, 0.05) is 13.0 Å². The van der Waals surface area contributed by atoms with E-state index in [-0.39, 0.29) is 18.2 Å². The molecule has 0 aromatic carbocycles. The molecule has 92 valence electrons. The SMILES string of the molecule is CC(CNC(=O)C1(C)CCCN1)CC(=O)O. The second-order valence-corrected chi connectivity index (χ2v) is 4.78. The molecule has 0 aliphatic carbocycles. The van der Waals surface area contributed by atoms with E-state index in [1.54, 1.807) is 0 Å². The normalized spacial score (nSPS) is 26.4. The summed E-state index contributed by atoms with van der Waals surface area (Å²) in [5.74, 6) is -0.888. The Balaban J connectivity index is 2.32. The van der Waals surface area contributed by atoms with Crippen molar-refractivity contribution >= 4 is 11.9 Å². The molecule has 0 aromatic rings. The van der Waals surface area contributed by atoms with Crippen LogP contribution in [0.4, 0.5) is 0 Å². The second-order valence-electron chi connectivity index (χ2n) is 4.78. The number of carbonyl (C=O) groups excluding carboxylic acids is 1. The summed E-state index contributed by atoms with van der Waals surface area (Å²) >= 11 is 0. The van der Waals surface area contributed by atoms with Gasteiger partial charge in [0.1, 0.15) is 0 Å². The lowest BCUT2D eigenvalue weighted by molar-refractivity contribution is -0.138. The van der Waals surface area contributed by atoms with E-state index in [2.05, 4.69) is 10.6 Å². The number of carbonyl (C=O) groups is 2. The van der Waals surface area contributed by atoms with Crippen LogP contribution in [-0.2, 0) is 9.59 Å². The summed E-state index contributed by atoms with van der Waals surface area (Å²) in [4.78, 5) is 22.3. The van der Waals surface area contributed by atoms with Gasteiger partial charge in [-0.15, -0.1) is 0 Å². The van der Waals surface area contributed by atoms with E-state index in [1.807, 2.05) is 13.8 Å². The Morgan fingerprint density at radius 2 is 2.25 bits per heavy atom. The molecule has 0 radical (unpaired) electrons. The van der Waals surface area contributed by atoms with E-state index in [1.165, 1.54) is 0 Å². The average molecular weight is 228 g/mol. The Hall–Kier alpha value is -1.10. The molecule has 0 aromatic heterocycles. The van der Waals surface area contributed by atoms with E-state index in [0.717, 1.165) is 19.4 Å². The highest BCUT2D eigenvalue weighted by atomic mass is 16.4. The number of rotatable bonds is 5. The van der Waals surface area contributed by atoms with Gasteiger partial charge in [-0.3, -0.25) is 9.59 Å². The largest absolute Gasteiger partial charge is 0.481 e. The number of hydrogen-bond donors (Lipinski definition) is 3. The van der Waals surface area contributed by atoms with E-state index in [0.29, 0.717) is 6.54 Å². The van der Waals surface area contributed by atoms with Gasteiger partial charge >= 0.3 is 5.97 Å². The molecule has 0 bridgehead atoms. The average Bonchev–Trinajstić information content (AvgIpc) is 2.62. The predicted molar refractivity (Wildman–Crippen MR) is 60.1 cm³/mol. The summed E-state index contributed by atoms with van der Waals surface area (Å²) in [6.07, 6.45) is 1.94. The third-order valence-electron chi connectivity index (χ3n) is 3.00. The van der Waals surface area contributed by atoms with Gasteiger partial charge in [-0.1, -0.05) is 6.92 Å². The Bertz CT molecular complexity index is 272. The van der Waals surface area contributed by atoms with Crippen LogP contribution >= 0.6 is 0 Å². The van der Waals surface area contributed by atoms with Crippen molar-refractivity contribution in [2.75, 3.05) is 13.1 Å². The van der Waals surface area contributed by atoms with Crippen LogP contribution in [0.3, 0.4) is 0 Å². The molecule has 1 saturated heterocycles. The van der Waals surface area contributed by atoms with Crippen molar-refractivity contribution < 1.29 is 14.7 Å². The molecular weight excluding hydrogens is 208 g/mol. The summed E-state index contributed by atoms with van der Waals surface area (Å²) in [7, 11) is 0. The van der Waals surface area contributed by atoms with E-state index in [4.69, 9.17) is 5.11 Å². The Morgan fingerprint density at radius 3 is 2.75 bits per heavy atom. The van der Waals surface area contributed by atoms with Crippen LogP contribution in [0, 0.1) is 5.92 Å². The molecule has 0 saturated carbocycles. The van der Waals surface area contributed by atoms with E-state index in [9.17, 15) is 9.59 Å². The maximum atomic E-state index is 11.8. The highest BCUT2D eigenvalue weighted by Crippen LogP contribution is 2.18. The molecule has 1 fully saturated rings. The molecule has 1 aliphatic rings. The maximum absolute atomic E-state index is 11.8. The molecule has 1 rings (SSSR count). The molecule has 3 N–H and O–H groups in total. The number of amides is 1. The zero-order valence-electron chi connectivity index (χ0n) is 9.88. The van der Waals surface area contributed by atoms with Gasteiger partial charge in [-0.2, -0.15) is 0 Å². The molecule has 2 atom stereocenters. The van der Waals surface area contributed by atoms with Crippen LogP contribution in [0.15, 0.2) is 0 Å². The molecule has 0 spiro atoms. The molecule has 1 aliphatic heterocycles. The Kier molecular flexibility index (Phi) is 4.29. The van der Waals surface area contributed by atoms with Crippen LogP contribution in [-0.4, -0.2) is 35.6 Å². The predicted octanol–water partition coefficient (Wildman–Crippen LogP) is 0.356. The molecule has 5 nitrogen and oxygen atoms in total. The van der Waals surface area contributed by atoms with Crippen molar-refractivity contribution in [2.45, 2.75) is 38.6 Å². The standard InChI is InChI=1S/C11H20N2O3/c1-8(6-9(14)15)7-12-10(16)11(2)4-3-5-13-11/h8,13H,3-7H2,1-2H3,(H,12,16)(H,14,15). The van der Waals surface area contributed by atoms with Crippen LogP contribution in [0.2, 0.25) is 0 Å². The fraction of sp³-hybridized carbons (Fsp3) is 0.818. The summed E-state index contributed by atoms with van der Waals surface area (Å²) in [6, 6.07) is 0. The van der Waals surface area contributed by atoms with E-state index >= 15 is 0 Å². The second kappa shape index (κ2) is 5.30. The fourth-order valence-corrected chi connectivity index (χ4v) is 1.92. The summed E-state index contributed by atoms with van der Waals surface area (Å²) in [5, 5.41) is 14.6. The molecule has 2 unspecified atom stereocenters. The van der Waals surface area contributed by atoms with Gasteiger partial charge in [0.05, 0.1) is 5.54 Å². The van der Waals surface area contributed by atoms with Crippen molar-refractivity contribution in [1.29, 1.82) is 0 Å². The van der Waals surface area contributed by atoms with Crippen LogP contribution in [0.5, 0.6) is 0 Å². The van der Waals surface area contributed by atoms with Crippen molar-refractivity contribution in [3.8, 4) is 0 Å². The molecular formula is C11H20N2O3. The highest BCUT2D eigenvalue weighted by molar-refractivity contribution is 5.86. The van der Waals surface area contributed by atoms with Crippen molar-refractivity contribution in [3.63, 3.8) is 0 Å². The van der Waals surface area contributed by atoms with Crippen LogP contribution < -0.4 is 10.6 Å². The van der Waals surface area contributed by atoms with E-state index < -0.39 is 11.5 Å². The summed E-state index contributed by atoms with van der Waals surface area (Å²) in [5.41, 5.74) is -0.469. The third kappa shape index (κ3) is 3.48. The number of carboxylic acids is 1. The third-order valence-corrected chi connectivity index (χ3v) is 3.00. The number of carboxylic acid groups (broad SMARTS) is 1. The van der Waals surface area contributed by atoms with Crippen molar-refractivity contribution in [3.05, 3.63) is 0 Å². The Labute approximate surface area is 95.6 Å². The number of nitrogens with one attached hydrogen (secondary N) is 2. The van der Waals surface area contributed by atoms with Gasteiger partial charge in [0.15, 0.2) is 0 Å². The lowest BCUT2D eigenvalue weighted by Crippen LogP contribution is -2.51. The minimum atomic E-state index is -0.827. The van der Waals surface area contributed by atoms with Crippen LogP contribution in [0.25, 0.3) is 0 Å². The summed E-state index contributed by atoms with van der Waals surface area (Å²) in [6.45, 7) is 4.99. The lowest BCUT2D eigenvalue weighted by atomic mass is 9.99. The molecule has 1 heterocycles. The number of aliphatic carboxylic acids is 1. The molecule has 1 amide bonds. The molecule has 16 heavy (non-hydrogen) atoms. The minimum Gasteiger partial charge on any atom is -0.481 e. The van der Waals surface area contributed by atoms with Gasteiger partial charge in [0.25, 0.3) is 0 Å². The monoisotopic (exact) mass is 228 g/mol. The smallest absolute Gasteiger partial charge is 0.303 e. The quantitative estimate of drug-likeness (QED) is 0.634. The fourth-order valence-electron chi connectivity index (χ4n) is 1.92. The first-order valence-corrected chi connectivity index (χ1v) is 5.69. The van der Waals surface area contributed by atoms with Crippen molar-refractivity contribution in [1.82, 2.24) is 10.6 Å². The van der Waals surface area contributed by atoms with Crippen LogP contribution in [0.1, 0.15) is 33.1 Å². The zero-order chi connectivity index (χ0) is 12.2. The van der Waals surface area contributed by atoms with Gasteiger partial charge in [0.2, 0.25) is 5.91 Å². The topological polar surface area (TPSA) is 78.4 Å². The van der Waals surface area contributed by atoms with Gasteiger partial charge in [-0.25, -0.2) is 0 Å². The van der Waals surface area contributed by atoms with Gasteiger partial charge < -0.3 is 15.7 Å². The first-order chi connectivity index (χ1) is 7.44. The minimum absolute atomic E-state index is 0.0257. The zero-order valence-corrected chi connectivity index (χ0v) is 9.88. The first-order valence-electron chi connectivity index (χ1n) is 5.69. The Morgan fingerprint density at radius 1 is 1.56 bits per heavy atom.